The molecule has 1 heterocycles. The molecule has 0 saturated heterocycles. The predicted octanol–water partition coefficient (Wildman–Crippen LogP) is 1.53. The lowest BCUT2D eigenvalue weighted by Crippen LogP contribution is -2.38. The van der Waals surface area contributed by atoms with Crippen molar-refractivity contribution in [2.75, 3.05) is 26.0 Å². The first kappa shape index (κ1) is 16.4. The molecule has 0 radical (unpaired) electrons. The first-order valence-electron chi connectivity index (χ1n) is 6.50. The molecule has 6 nitrogen and oxygen atoms in total. The van der Waals surface area contributed by atoms with Crippen molar-refractivity contribution < 1.29 is 14.3 Å². The van der Waals surface area contributed by atoms with Crippen LogP contribution in [0.25, 0.3) is 0 Å². The van der Waals surface area contributed by atoms with E-state index in [0.717, 1.165) is 5.69 Å². The van der Waals surface area contributed by atoms with Gasteiger partial charge in [0.1, 0.15) is 6.04 Å². The van der Waals surface area contributed by atoms with Crippen LogP contribution in [-0.2, 0) is 20.7 Å². The van der Waals surface area contributed by atoms with Gasteiger partial charge in [-0.1, -0.05) is 0 Å². The monoisotopic (exact) mass is 299 g/mol. The van der Waals surface area contributed by atoms with Crippen molar-refractivity contribution in [2.24, 2.45) is 0 Å². The summed E-state index contributed by atoms with van der Waals surface area (Å²) in [5.74, 6) is -0.223. The topological polar surface area (TPSA) is 71.5 Å². The van der Waals surface area contributed by atoms with Crippen LogP contribution in [0.15, 0.2) is 5.38 Å². The molecular weight excluding hydrogens is 278 g/mol. The van der Waals surface area contributed by atoms with E-state index in [9.17, 15) is 9.59 Å². The number of likely N-dealkylation sites (N-methyl/N-ethyl adjacent to an activating group) is 1. The van der Waals surface area contributed by atoms with Crippen LogP contribution in [0.3, 0.4) is 0 Å². The van der Waals surface area contributed by atoms with Gasteiger partial charge in [0.2, 0.25) is 5.91 Å². The predicted molar refractivity (Wildman–Crippen MR) is 78.8 cm³/mol. The second kappa shape index (κ2) is 7.84. The largest absolute Gasteiger partial charge is 0.469 e. The number of aryl methyl sites for hydroxylation is 1. The van der Waals surface area contributed by atoms with Crippen molar-refractivity contribution >= 4 is 28.3 Å². The molecule has 0 aliphatic heterocycles. The SMILES string of the molecule is CCN(C)C(=O)C(C)Nc1nc(CCC(=O)OC)cs1. The Labute approximate surface area is 123 Å². The van der Waals surface area contributed by atoms with Gasteiger partial charge in [0.25, 0.3) is 0 Å². The third-order valence-corrected chi connectivity index (χ3v) is 3.75. The maximum Gasteiger partial charge on any atom is 0.305 e. The number of methoxy groups -OCH3 is 1. The average molecular weight is 299 g/mol. The molecule has 1 unspecified atom stereocenters. The maximum absolute atomic E-state index is 11.9. The number of amides is 1. The molecule has 20 heavy (non-hydrogen) atoms. The second-order valence-corrected chi connectivity index (χ2v) is 5.30. The highest BCUT2D eigenvalue weighted by Gasteiger charge is 2.17. The zero-order valence-corrected chi connectivity index (χ0v) is 13.1. The standard InChI is InChI=1S/C13H21N3O3S/c1-5-16(3)12(18)9(2)14-13-15-10(8-20-13)6-7-11(17)19-4/h8-9H,5-7H2,1-4H3,(H,14,15). The summed E-state index contributed by atoms with van der Waals surface area (Å²) in [6.45, 7) is 4.41. The third kappa shape index (κ3) is 4.80. The number of nitrogens with one attached hydrogen (secondary N) is 1. The van der Waals surface area contributed by atoms with E-state index >= 15 is 0 Å². The number of anilines is 1. The fourth-order valence-corrected chi connectivity index (χ4v) is 2.39. The van der Waals surface area contributed by atoms with E-state index in [2.05, 4.69) is 15.0 Å². The van der Waals surface area contributed by atoms with Gasteiger partial charge < -0.3 is 15.0 Å². The Morgan fingerprint density at radius 2 is 2.25 bits per heavy atom. The molecule has 112 valence electrons. The lowest BCUT2D eigenvalue weighted by atomic mass is 10.2. The summed E-state index contributed by atoms with van der Waals surface area (Å²) in [5.41, 5.74) is 0.825. The third-order valence-electron chi connectivity index (χ3n) is 2.93. The molecule has 0 fully saturated rings. The summed E-state index contributed by atoms with van der Waals surface area (Å²) in [6.07, 6.45) is 0.856. The van der Waals surface area contributed by atoms with Gasteiger partial charge in [0.15, 0.2) is 5.13 Å². The molecule has 0 aromatic carbocycles. The normalized spacial score (nSPS) is 11.8. The number of hydrogen-bond acceptors (Lipinski definition) is 6. The molecule has 1 atom stereocenters. The smallest absolute Gasteiger partial charge is 0.305 e. The summed E-state index contributed by atoms with van der Waals surface area (Å²) in [4.78, 5) is 29.0. The number of aromatic nitrogens is 1. The van der Waals surface area contributed by atoms with E-state index in [1.54, 1.807) is 11.9 Å². The lowest BCUT2D eigenvalue weighted by Gasteiger charge is -2.20. The molecule has 1 amide bonds. The van der Waals surface area contributed by atoms with Crippen molar-refractivity contribution in [2.45, 2.75) is 32.7 Å². The molecule has 0 bridgehead atoms. The van der Waals surface area contributed by atoms with Gasteiger partial charge in [-0.3, -0.25) is 9.59 Å². The van der Waals surface area contributed by atoms with Crippen molar-refractivity contribution in [1.82, 2.24) is 9.88 Å². The van der Waals surface area contributed by atoms with Crippen molar-refractivity contribution in [1.29, 1.82) is 0 Å². The van der Waals surface area contributed by atoms with E-state index in [0.29, 0.717) is 24.5 Å². The minimum absolute atomic E-state index is 0.0267. The number of rotatable bonds is 7. The van der Waals surface area contributed by atoms with Gasteiger partial charge in [0.05, 0.1) is 19.2 Å². The number of carbonyl (C=O) groups excluding carboxylic acids is 2. The fourth-order valence-electron chi connectivity index (χ4n) is 1.55. The summed E-state index contributed by atoms with van der Waals surface area (Å²) < 4.78 is 4.58. The Balaban J connectivity index is 2.51. The molecule has 1 aromatic rings. The Hall–Kier alpha value is -1.63. The number of ether oxygens (including phenoxy) is 1. The van der Waals surface area contributed by atoms with Gasteiger partial charge in [-0.15, -0.1) is 11.3 Å². The van der Waals surface area contributed by atoms with Gasteiger partial charge in [-0.05, 0) is 13.8 Å². The van der Waals surface area contributed by atoms with E-state index < -0.39 is 0 Å². The molecule has 1 N–H and O–H groups in total. The zero-order valence-electron chi connectivity index (χ0n) is 12.3. The Bertz CT molecular complexity index is 461. The first-order chi connectivity index (χ1) is 9.47. The highest BCUT2D eigenvalue weighted by molar-refractivity contribution is 7.13. The van der Waals surface area contributed by atoms with Crippen molar-refractivity contribution in [3.63, 3.8) is 0 Å². The minimum atomic E-state index is -0.320. The highest BCUT2D eigenvalue weighted by atomic mass is 32.1. The zero-order chi connectivity index (χ0) is 15.1. The van der Waals surface area contributed by atoms with Crippen LogP contribution in [-0.4, -0.2) is 48.5 Å². The number of carbonyl (C=O) groups is 2. The second-order valence-electron chi connectivity index (χ2n) is 4.44. The summed E-state index contributed by atoms with van der Waals surface area (Å²) in [6, 6.07) is -0.320. The van der Waals surface area contributed by atoms with Gasteiger partial charge in [0, 0.05) is 25.4 Å². The molecule has 1 rings (SSSR count). The minimum Gasteiger partial charge on any atom is -0.469 e. The van der Waals surface area contributed by atoms with Crippen molar-refractivity contribution in [3.8, 4) is 0 Å². The highest BCUT2D eigenvalue weighted by Crippen LogP contribution is 2.18. The van der Waals surface area contributed by atoms with E-state index in [-0.39, 0.29) is 17.9 Å². The maximum atomic E-state index is 11.9. The van der Waals surface area contributed by atoms with Crippen LogP contribution in [0.5, 0.6) is 0 Å². The van der Waals surface area contributed by atoms with E-state index in [1.807, 2.05) is 19.2 Å². The van der Waals surface area contributed by atoms with Crippen LogP contribution >= 0.6 is 11.3 Å². The Kier molecular flexibility index (Phi) is 6.44. The molecule has 0 aliphatic rings. The molecule has 0 spiro atoms. The van der Waals surface area contributed by atoms with Gasteiger partial charge in [-0.2, -0.15) is 0 Å². The summed E-state index contributed by atoms with van der Waals surface area (Å²) in [7, 11) is 3.14. The molecule has 1 aromatic heterocycles. The fraction of sp³-hybridized carbons (Fsp3) is 0.615. The summed E-state index contributed by atoms with van der Waals surface area (Å²) in [5, 5.41) is 5.65. The van der Waals surface area contributed by atoms with E-state index in [1.165, 1.54) is 18.4 Å². The summed E-state index contributed by atoms with van der Waals surface area (Å²) >= 11 is 1.43. The molecule has 7 heteroatoms. The number of esters is 1. The van der Waals surface area contributed by atoms with Crippen LogP contribution < -0.4 is 5.32 Å². The van der Waals surface area contributed by atoms with Crippen LogP contribution in [0.1, 0.15) is 26.0 Å². The first-order valence-corrected chi connectivity index (χ1v) is 7.38. The molecule has 0 aliphatic carbocycles. The number of thiazole rings is 1. The molecular formula is C13H21N3O3S. The van der Waals surface area contributed by atoms with Gasteiger partial charge in [-0.25, -0.2) is 4.98 Å². The number of nitrogens with zero attached hydrogens (tertiary/aromatic N) is 2. The van der Waals surface area contributed by atoms with Crippen LogP contribution in [0.4, 0.5) is 5.13 Å². The Morgan fingerprint density at radius 3 is 2.85 bits per heavy atom. The van der Waals surface area contributed by atoms with Crippen molar-refractivity contribution in [3.05, 3.63) is 11.1 Å². The lowest BCUT2D eigenvalue weighted by molar-refractivity contribution is -0.140. The number of hydrogen-bond donors (Lipinski definition) is 1. The molecule has 0 saturated carbocycles. The van der Waals surface area contributed by atoms with Crippen LogP contribution in [0, 0.1) is 0 Å². The average Bonchev–Trinajstić information content (AvgIpc) is 2.90. The van der Waals surface area contributed by atoms with Crippen LogP contribution in [0.2, 0.25) is 0 Å². The van der Waals surface area contributed by atoms with Gasteiger partial charge >= 0.3 is 5.97 Å². The quantitative estimate of drug-likeness (QED) is 0.773. The Morgan fingerprint density at radius 1 is 1.55 bits per heavy atom. The van der Waals surface area contributed by atoms with E-state index in [4.69, 9.17) is 0 Å².